The Balaban J connectivity index is 1.97. The lowest BCUT2D eigenvalue weighted by Gasteiger charge is -2.33. The molecule has 3 heterocycles. The number of rotatable bonds is 5. The van der Waals surface area contributed by atoms with E-state index in [2.05, 4.69) is 9.97 Å². The standard InChI is InChI=1S/C23H21F5N2O4/c1-11-12(4-5-14(24)19(11)25)18-20(16-8-17(31)13-9-29-7-6-15(13)30-16)34-22(2,23(26,27)28)21(18)33-10-32-3/h4-9,18,20-21H,10H2,1-3H3,(H,30,31)/t18-,20-,21-,22+/m0/s1. The number of methoxy groups -OCH3 is 1. The van der Waals surface area contributed by atoms with Gasteiger partial charge in [-0.15, -0.1) is 0 Å². The van der Waals surface area contributed by atoms with Gasteiger partial charge in [0.05, 0.1) is 10.9 Å². The van der Waals surface area contributed by atoms with Crippen molar-refractivity contribution in [2.24, 2.45) is 0 Å². The highest BCUT2D eigenvalue weighted by Gasteiger charge is 2.67. The minimum Gasteiger partial charge on any atom is -0.359 e. The normalized spacial score (nSPS) is 25.2. The first-order chi connectivity index (χ1) is 16.0. The lowest BCUT2D eigenvalue weighted by Crippen LogP contribution is -2.52. The van der Waals surface area contributed by atoms with Crippen LogP contribution >= 0.6 is 0 Å². The highest BCUT2D eigenvalue weighted by Crippen LogP contribution is 2.56. The molecule has 0 bridgehead atoms. The van der Waals surface area contributed by atoms with Gasteiger partial charge in [-0.3, -0.25) is 9.78 Å². The molecular formula is C23H21F5N2O4. The number of pyridine rings is 2. The van der Waals surface area contributed by atoms with E-state index < -0.39 is 53.8 Å². The average molecular weight is 484 g/mol. The summed E-state index contributed by atoms with van der Waals surface area (Å²) in [7, 11) is 1.24. The van der Waals surface area contributed by atoms with Crippen LogP contribution in [-0.2, 0) is 14.2 Å². The molecule has 4 rings (SSSR count). The number of nitrogens with one attached hydrogen (secondary N) is 1. The van der Waals surface area contributed by atoms with Crippen molar-refractivity contribution < 1.29 is 36.2 Å². The minimum absolute atomic E-state index is 0.0248. The van der Waals surface area contributed by atoms with E-state index in [9.17, 15) is 26.7 Å². The van der Waals surface area contributed by atoms with E-state index >= 15 is 0 Å². The van der Waals surface area contributed by atoms with Crippen molar-refractivity contribution in [1.29, 1.82) is 0 Å². The second-order valence-electron chi connectivity index (χ2n) is 8.25. The van der Waals surface area contributed by atoms with E-state index in [-0.39, 0.29) is 22.2 Å². The maximum absolute atomic E-state index is 14.5. The van der Waals surface area contributed by atoms with Gasteiger partial charge < -0.3 is 19.2 Å². The van der Waals surface area contributed by atoms with Gasteiger partial charge in [-0.05, 0) is 37.1 Å². The summed E-state index contributed by atoms with van der Waals surface area (Å²) >= 11 is 0. The van der Waals surface area contributed by atoms with Crippen LogP contribution in [-0.4, -0.2) is 41.8 Å². The maximum atomic E-state index is 14.5. The topological polar surface area (TPSA) is 73.4 Å². The van der Waals surface area contributed by atoms with E-state index in [0.29, 0.717) is 5.52 Å². The molecule has 34 heavy (non-hydrogen) atoms. The van der Waals surface area contributed by atoms with Crippen LogP contribution in [0, 0.1) is 18.6 Å². The van der Waals surface area contributed by atoms with Crippen LogP contribution in [0.25, 0.3) is 10.9 Å². The van der Waals surface area contributed by atoms with Crippen molar-refractivity contribution >= 4 is 10.9 Å². The molecule has 1 N–H and O–H groups in total. The van der Waals surface area contributed by atoms with Crippen molar-refractivity contribution in [3.63, 3.8) is 0 Å². The molecule has 11 heteroatoms. The van der Waals surface area contributed by atoms with Gasteiger partial charge in [0, 0.05) is 37.2 Å². The van der Waals surface area contributed by atoms with Crippen LogP contribution in [0.5, 0.6) is 0 Å². The molecule has 1 aliphatic rings. The Kier molecular flexibility index (Phi) is 6.21. The molecule has 4 atom stereocenters. The lowest BCUT2D eigenvalue weighted by molar-refractivity contribution is -0.293. The lowest BCUT2D eigenvalue weighted by atomic mass is 9.81. The molecule has 0 unspecified atom stereocenters. The van der Waals surface area contributed by atoms with E-state index in [1.54, 1.807) is 0 Å². The summed E-state index contributed by atoms with van der Waals surface area (Å²) < 4.78 is 87.2. The molecule has 1 aromatic carbocycles. The summed E-state index contributed by atoms with van der Waals surface area (Å²) in [4.78, 5) is 19.5. The maximum Gasteiger partial charge on any atom is 0.419 e. The number of benzene rings is 1. The van der Waals surface area contributed by atoms with Crippen molar-refractivity contribution in [2.75, 3.05) is 13.9 Å². The third-order valence-corrected chi connectivity index (χ3v) is 6.19. The van der Waals surface area contributed by atoms with Gasteiger partial charge in [-0.1, -0.05) is 6.07 Å². The highest BCUT2D eigenvalue weighted by molar-refractivity contribution is 5.77. The van der Waals surface area contributed by atoms with Gasteiger partial charge in [0.25, 0.3) is 0 Å². The molecule has 3 aromatic rings. The molecule has 182 valence electrons. The van der Waals surface area contributed by atoms with E-state index in [0.717, 1.165) is 19.1 Å². The molecule has 0 saturated carbocycles. The summed E-state index contributed by atoms with van der Waals surface area (Å²) in [6.45, 7) is 1.57. The molecule has 2 aromatic heterocycles. The summed E-state index contributed by atoms with van der Waals surface area (Å²) in [5.41, 5.74) is -3.13. The number of nitrogens with zero attached hydrogens (tertiary/aromatic N) is 1. The van der Waals surface area contributed by atoms with E-state index in [4.69, 9.17) is 14.2 Å². The van der Waals surface area contributed by atoms with Gasteiger partial charge in [-0.25, -0.2) is 8.78 Å². The Morgan fingerprint density at radius 3 is 2.65 bits per heavy atom. The molecule has 1 saturated heterocycles. The second-order valence-corrected chi connectivity index (χ2v) is 8.25. The zero-order chi connectivity index (χ0) is 24.8. The third kappa shape index (κ3) is 3.87. The first-order valence-corrected chi connectivity index (χ1v) is 10.3. The largest absolute Gasteiger partial charge is 0.419 e. The average Bonchev–Trinajstić information content (AvgIpc) is 3.09. The number of ether oxygens (including phenoxy) is 3. The van der Waals surface area contributed by atoms with Crippen LogP contribution in [0.15, 0.2) is 41.5 Å². The fourth-order valence-electron chi connectivity index (χ4n) is 4.41. The molecule has 1 fully saturated rings. The molecule has 0 radical (unpaired) electrons. The van der Waals surface area contributed by atoms with E-state index in [1.807, 2.05) is 0 Å². The first-order valence-electron chi connectivity index (χ1n) is 10.3. The van der Waals surface area contributed by atoms with Crippen molar-refractivity contribution in [3.05, 3.63) is 75.3 Å². The van der Waals surface area contributed by atoms with Crippen molar-refractivity contribution in [3.8, 4) is 0 Å². The first kappa shape index (κ1) is 24.2. The van der Waals surface area contributed by atoms with Crippen molar-refractivity contribution in [1.82, 2.24) is 9.97 Å². The summed E-state index contributed by atoms with van der Waals surface area (Å²) in [5.74, 6) is -3.61. The summed E-state index contributed by atoms with van der Waals surface area (Å²) in [6, 6.07) is 4.64. The van der Waals surface area contributed by atoms with Crippen LogP contribution in [0.2, 0.25) is 0 Å². The SMILES string of the molecule is COCO[C@H]1[C@@H](c2ccc(F)c(F)c2C)[C@H](c2cc(=O)c3cnccc3[nH]2)O[C@@]1(C)C(F)(F)F. The number of fused-ring (bicyclic) bond motifs is 1. The van der Waals surface area contributed by atoms with Crippen LogP contribution in [0.1, 0.15) is 35.8 Å². The van der Waals surface area contributed by atoms with Crippen molar-refractivity contribution in [2.45, 2.75) is 43.8 Å². The fourth-order valence-corrected chi connectivity index (χ4v) is 4.41. The van der Waals surface area contributed by atoms with Gasteiger partial charge in [-0.2, -0.15) is 13.2 Å². The minimum atomic E-state index is -4.91. The van der Waals surface area contributed by atoms with Crippen LogP contribution in [0.4, 0.5) is 22.0 Å². The summed E-state index contributed by atoms with van der Waals surface area (Å²) in [6.07, 6.45) is -5.29. The Hall–Kier alpha value is -2.89. The second kappa shape index (κ2) is 8.71. The van der Waals surface area contributed by atoms with Crippen LogP contribution in [0.3, 0.4) is 0 Å². The number of hydrogen-bond donors (Lipinski definition) is 1. The number of aromatic amines is 1. The summed E-state index contributed by atoms with van der Waals surface area (Å²) in [5, 5.41) is 0.232. The molecular weight excluding hydrogens is 463 g/mol. The monoisotopic (exact) mass is 484 g/mol. The number of aromatic nitrogens is 2. The third-order valence-electron chi connectivity index (χ3n) is 6.19. The zero-order valence-electron chi connectivity index (χ0n) is 18.4. The molecule has 0 spiro atoms. The fraction of sp³-hybridized carbons (Fsp3) is 0.391. The van der Waals surface area contributed by atoms with Gasteiger partial charge >= 0.3 is 6.18 Å². The number of halogens is 5. The van der Waals surface area contributed by atoms with E-state index in [1.165, 1.54) is 38.6 Å². The molecule has 0 aliphatic carbocycles. The Bertz CT molecular complexity index is 1280. The Morgan fingerprint density at radius 1 is 1.24 bits per heavy atom. The number of hydrogen-bond acceptors (Lipinski definition) is 5. The molecule has 0 amide bonds. The predicted molar refractivity (Wildman–Crippen MR) is 111 cm³/mol. The Labute approximate surface area is 190 Å². The number of alkyl halides is 3. The smallest absolute Gasteiger partial charge is 0.359 e. The number of H-pyrrole nitrogens is 1. The molecule has 6 nitrogen and oxygen atoms in total. The van der Waals surface area contributed by atoms with Gasteiger partial charge in [0.2, 0.25) is 0 Å². The molecule has 1 aliphatic heterocycles. The quantitative estimate of drug-likeness (QED) is 0.421. The Morgan fingerprint density at radius 2 is 1.97 bits per heavy atom. The van der Waals surface area contributed by atoms with Crippen LogP contribution < -0.4 is 5.43 Å². The predicted octanol–water partition coefficient (Wildman–Crippen LogP) is 4.67. The van der Waals surface area contributed by atoms with Gasteiger partial charge in [0.15, 0.2) is 22.7 Å². The highest BCUT2D eigenvalue weighted by atomic mass is 19.4. The van der Waals surface area contributed by atoms with Gasteiger partial charge in [0.1, 0.15) is 19.0 Å². The zero-order valence-corrected chi connectivity index (χ0v) is 18.4.